The highest BCUT2D eigenvalue weighted by atomic mass is 35.5. The molecule has 0 heterocycles. The fourth-order valence-electron chi connectivity index (χ4n) is 1.57. The van der Waals surface area contributed by atoms with E-state index < -0.39 is 0 Å². The van der Waals surface area contributed by atoms with Crippen LogP contribution in [0.4, 0.5) is 0 Å². The first kappa shape index (κ1) is 17.2. The summed E-state index contributed by atoms with van der Waals surface area (Å²) < 4.78 is 0. The van der Waals surface area contributed by atoms with Crippen LogP contribution in [0.25, 0.3) is 6.08 Å². The topological polar surface area (TPSA) is 58.2 Å². The molecule has 1 aromatic rings. The number of amides is 2. The lowest BCUT2D eigenvalue weighted by Crippen LogP contribution is -2.45. The van der Waals surface area contributed by atoms with Gasteiger partial charge in [-0.25, -0.2) is 0 Å². The summed E-state index contributed by atoms with van der Waals surface area (Å²) in [5, 5.41) is 5.95. The summed E-state index contributed by atoms with van der Waals surface area (Å²) in [7, 11) is 0. The predicted octanol–water partition coefficient (Wildman–Crippen LogP) is 2.69. The van der Waals surface area contributed by atoms with Crippen molar-refractivity contribution in [2.45, 2.75) is 33.2 Å². The van der Waals surface area contributed by atoms with Gasteiger partial charge in [0.25, 0.3) is 0 Å². The van der Waals surface area contributed by atoms with Gasteiger partial charge >= 0.3 is 0 Å². The Bertz CT molecular complexity index is 560. The zero-order chi connectivity index (χ0) is 16.0. The number of aryl methyl sites for hydroxylation is 1. The third-order valence-electron chi connectivity index (χ3n) is 2.56. The molecule has 4 nitrogen and oxygen atoms in total. The van der Waals surface area contributed by atoms with Gasteiger partial charge in [0, 0.05) is 16.6 Å². The molecule has 0 aliphatic rings. The number of hydrogen-bond acceptors (Lipinski definition) is 2. The summed E-state index contributed by atoms with van der Waals surface area (Å²) in [5.74, 6) is -0.543. The smallest absolute Gasteiger partial charge is 0.244 e. The van der Waals surface area contributed by atoms with Crippen LogP contribution >= 0.6 is 11.6 Å². The van der Waals surface area contributed by atoms with E-state index in [4.69, 9.17) is 11.6 Å². The third kappa shape index (κ3) is 6.95. The number of benzene rings is 1. The molecule has 0 saturated heterocycles. The van der Waals surface area contributed by atoms with Crippen molar-refractivity contribution in [3.63, 3.8) is 0 Å². The Labute approximate surface area is 130 Å². The van der Waals surface area contributed by atoms with E-state index >= 15 is 0 Å². The summed E-state index contributed by atoms with van der Waals surface area (Å²) in [4.78, 5) is 23.2. The molecule has 1 aromatic carbocycles. The van der Waals surface area contributed by atoms with E-state index in [1.165, 1.54) is 6.08 Å². The van der Waals surface area contributed by atoms with Crippen molar-refractivity contribution in [1.29, 1.82) is 0 Å². The molecule has 21 heavy (non-hydrogen) atoms. The molecule has 1 rings (SSSR count). The van der Waals surface area contributed by atoms with Gasteiger partial charge in [0.2, 0.25) is 11.8 Å². The van der Waals surface area contributed by atoms with Crippen molar-refractivity contribution >= 4 is 29.5 Å². The number of hydrogen-bond donors (Lipinski definition) is 2. The first-order valence-electron chi connectivity index (χ1n) is 6.70. The van der Waals surface area contributed by atoms with Crippen LogP contribution in [0.5, 0.6) is 0 Å². The van der Waals surface area contributed by atoms with Crippen LogP contribution in [0.1, 0.15) is 31.9 Å². The van der Waals surface area contributed by atoms with Crippen molar-refractivity contribution in [1.82, 2.24) is 10.6 Å². The molecule has 0 unspecified atom stereocenters. The molecule has 0 fully saturated rings. The number of rotatable bonds is 4. The Morgan fingerprint density at radius 2 is 1.95 bits per heavy atom. The minimum absolute atomic E-state index is 0.0465. The molecule has 0 aliphatic carbocycles. The molecule has 0 spiro atoms. The lowest BCUT2D eigenvalue weighted by molar-refractivity contribution is -0.124. The van der Waals surface area contributed by atoms with Crippen molar-refractivity contribution in [2.75, 3.05) is 6.54 Å². The maximum absolute atomic E-state index is 11.6. The molecule has 0 aromatic heterocycles. The quantitative estimate of drug-likeness (QED) is 0.840. The van der Waals surface area contributed by atoms with Gasteiger partial charge < -0.3 is 10.6 Å². The van der Waals surface area contributed by atoms with Gasteiger partial charge in [-0.05, 0) is 51.0 Å². The summed E-state index contributed by atoms with van der Waals surface area (Å²) in [6, 6.07) is 5.54. The maximum Gasteiger partial charge on any atom is 0.244 e. The summed E-state index contributed by atoms with van der Waals surface area (Å²) >= 11 is 6.01. The minimum Gasteiger partial charge on any atom is -0.350 e. The van der Waals surface area contributed by atoms with E-state index in [1.807, 2.05) is 39.8 Å². The number of carbonyl (C=O) groups is 2. The Morgan fingerprint density at radius 1 is 1.29 bits per heavy atom. The van der Waals surface area contributed by atoms with Crippen LogP contribution in [0, 0.1) is 6.92 Å². The monoisotopic (exact) mass is 308 g/mol. The lowest BCUT2D eigenvalue weighted by atomic mass is 10.1. The number of carbonyl (C=O) groups excluding carboxylic acids is 2. The molecule has 0 atom stereocenters. The second-order valence-electron chi connectivity index (χ2n) is 5.86. The van der Waals surface area contributed by atoms with Crippen LogP contribution < -0.4 is 10.6 Å². The average molecular weight is 309 g/mol. The zero-order valence-corrected chi connectivity index (χ0v) is 13.5. The van der Waals surface area contributed by atoms with E-state index in [2.05, 4.69) is 10.6 Å². The Hall–Kier alpha value is -1.81. The van der Waals surface area contributed by atoms with Crippen LogP contribution in [0.3, 0.4) is 0 Å². The lowest BCUT2D eigenvalue weighted by Gasteiger charge is -2.20. The first-order chi connectivity index (χ1) is 9.67. The maximum atomic E-state index is 11.6. The van der Waals surface area contributed by atoms with Gasteiger partial charge in [-0.2, -0.15) is 0 Å². The fraction of sp³-hybridized carbons (Fsp3) is 0.375. The molecule has 5 heteroatoms. The van der Waals surface area contributed by atoms with Crippen LogP contribution in [-0.2, 0) is 9.59 Å². The summed E-state index contributed by atoms with van der Waals surface area (Å²) in [6.07, 6.45) is 3.04. The third-order valence-corrected chi connectivity index (χ3v) is 2.97. The second-order valence-corrected chi connectivity index (χ2v) is 6.27. The molecule has 2 amide bonds. The SMILES string of the molecule is Cc1ccc(/C=C/C(=O)NCC(=O)NC(C)(C)C)cc1Cl. The van der Waals surface area contributed by atoms with Gasteiger partial charge in [0.05, 0.1) is 6.54 Å². The van der Waals surface area contributed by atoms with E-state index in [1.54, 1.807) is 12.1 Å². The van der Waals surface area contributed by atoms with Crippen molar-refractivity contribution in [3.05, 3.63) is 40.4 Å². The average Bonchev–Trinajstić information content (AvgIpc) is 2.36. The Balaban J connectivity index is 2.48. The van der Waals surface area contributed by atoms with E-state index in [9.17, 15) is 9.59 Å². The number of nitrogens with one attached hydrogen (secondary N) is 2. The highest BCUT2D eigenvalue weighted by Crippen LogP contribution is 2.17. The molecule has 0 radical (unpaired) electrons. The van der Waals surface area contributed by atoms with Crippen molar-refractivity contribution in [2.24, 2.45) is 0 Å². The molecule has 114 valence electrons. The van der Waals surface area contributed by atoms with Gasteiger partial charge in [0.1, 0.15) is 0 Å². The summed E-state index contributed by atoms with van der Waals surface area (Å²) in [6.45, 7) is 7.51. The van der Waals surface area contributed by atoms with Gasteiger partial charge in [-0.15, -0.1) is 0 Å². The van der Waals surface area contributed by atoms with Crippen LogP contribution in [0.2, 0.25) is 5.02 Å². The highest BCUT2D eigenvalue weighted by molar-refractivity contribution is 6.31. The Kier molecular flexibility index (Phi) is 5.97. The van der Waals surface area contributed by atoms with Crippen molar-refractivity contribution in [3.8, 4) is 0 Å². The molecular formula is C16H21ClN2O2. The van der Waals surface area contributed by atoms with E-state index in [0.717, 1.165) is 11.1 Å². The molecule has 0 saturated carbocycles. The zero-order valence-electron chi connectivity index (χ0n) is 12.8. The Morgan fingerprint density at radius 3 is 2.52 bits per heavy atom. The minimum atomic E-state index is -0.323. The van der Waals surface area contributed by atoms with Crippen molar-refractivity contribution < 1.29 is 9.59 Å². The fourth-order valence-corrected chi connectivity index (χ4v) is 1.76. The summed E-state index contributed by atoms with van der Waals surface area (Å²) in [5.41, 5.74) is 1.51. The predicted molar refractivity (Wildman–Crippen MR) is 86.1 cm³/mol. The highest BCUT2D eigenvalue weighted by Gasteiger charge is 2.13. The largest absolute Gasteiger partial charge is 0.350 e. The first-order valence-corrected chi connectivity index (χ1v) is 7.08. The number of halogens is 1. The standard InChI is InChI=1S/C16H21ClN2O2/c1-11-5-6-12(9-13(11)17)7-8-14(20)18-10-15(21)19-16(2,3)4/h5-9H,10H2,1-4H3,(H,18,20)(H,19,21)/b8-7+. The van der Waals surface area contributed by atoms with Gasteiger partial charge in [-0.3, -0.25) is 9.59 Å². The molecule has 2 N–H and O–H groups in total. The van der Waals surface area contributed by atoms with Crippen LogP contribution in [0.15, 0.2) is 24.3 Å². The molecular weight excluding hydrogens is 288 g/mol. The van der Waals surface area contributed by atoms with Gasteiger partial charge in [-0.1, -0.05) is 23.7 Å². The second kappa shape index (κ2) is 7.27. The molecule has 0 bridgehead atoms. The van der Waals surface area contributed by atoms with Gasteiger partial charge in [0.15, 0.2) is 0 Å². The van der Waals surface area contributed by atoms with E-state index in [-0.39, 0.29) is 23.9 Å². The molecule has 0 aliphatic heterocycles. The normalized spacial score (nSPS) is 11.5. The van der Waals surface area contributed by atoms with E-state index in [0.29, 0.717) is 5.02 Å². The van der Waals surface area contributed by atoms with Crippen LogP contribution in [-0.4, -0.2) is 23.9 Å².